The van der Waals surface area contributed by atoms with Gasteiger partial charge in [0.15, 0.2) is 11.8 Å². The Morgan fingerprint density at radius 3 is 2.95 bits per heavy atom. The highest BCUT2D eigenvalue weighted by molar-refractivity contribution is 5.79. The number of aryl methyl sites for hydroxylation is 1. The van der Waals surface area contributed by atoms with Crippen LogP contribution >= 0.6 is 0 Å². The fraction of sp³-hybridized carbons (Fsp3) is 0.769. The number of nitrogens with one attached hydrogen (secondary N) is 2. The second kappa shape index (κ2) is 7.11. The molecule has 1 aromatic heterocycles. The molecule has 0 fully saturated rings. The van der Waals surface area contributed by atoms with Crippen LogP contribution in [0.4, 0.5) is 0 Å². The van der Waals surface area contributed by atoms with E-state index in [1.54, 1.807) is 7.05 Å². The number of rotatable bonds is 4. The number of fused-ring (bicyclic) bond motifs is 1. The van der Waals surface area contributed by atoms with Crippen LogP contribution in [0.25, 0.3) is 0 Å². The van der Waals surface area contributed by atoms with Crippen molar-refractivity contribution in [2.45, 2.75) is 52.1 Å². The molecule has 1 aliphatic rings. The van der Waals surface area contributed by atoms with Crippen molar-refractivity contribution in [3.05, 3.63) is 11.6 Å². The van der Waals surface area contributed by atoms with Gasteiger partial charge in [0.05, 0.1) is 6.54 Å². The number of aliphatic imine (C=N–C) groups is 1. The lowest BCUT2D eigenvalue weighted by Gasteiger charge is -2.11. The van der Waals surface area contributed by atoms with Gasteiger partial charge in [-0.1, -0.05) is 13.3 Å². The molecule has 2 N–H and O–H groups in total. The topological polar surface area (TPSA) is 67.1 Å². The summed E-state index contributed by atoms with van der Waals surface area (Å²) in [5.41, 5.74) is 0. The predicted molar refractivity (Wildman–Crippen MR) is 76.1 cm³/mol. The van der Waals surface area contributed by atoms with Crippen LogP contribution in [0.1, 0.15) is 44.3 Å². The Labute approximate surface area is 114 Å². The van der Waals surface area contributed by atoms with Crippen molar-refractivity contribution in [3.63, 3.8) is 0 Å². The summed E-state index contributed by atoms with van der Waals surface area (Å²) < 4.78 is 2.26. The van der Waals surface area contributed by atoms with E-state index < -0.39 is 0 Å². The zero-order valence-corrected chi connectivity index (χ0v) is 11.9. The number of guanidine groups is 1. The maximum atomic E-state index is 4.30. The molecule has 0 radical (unpaired) electrons. The summed E-state index contributed by atoms with van der Waals surface area (Å²) in [7, 11) is 1.79. The lowest BCUT2D eigenvalue weighted by molar-refractivity contribution is 0.596. The van der Waals surface area contributed by atoms with Gasteiger partial charge < -0.3 is 15.2 Å². The van der Waals surface area contributed by atoms with Gasteiger partial charge in [-0.2, -0.15) is 0 Å². The van der Waals surface area contributed by atoms with Crippen LogP contribution in [-0.4, -0.2) is 34.3 Å². The van der Waals surface area contributed by atoms with Crippen molar-refractivity contribution >= 4 is 5.96 Å². The predicted octanol–water partition coefficient (Wildman–Crippen LogP) is 1.08. The zero-order valence-electron chi connectivity index (χ0n) is 11.9. The number of hydrogen-bond donors (Lipinski definition) is 2. The molecular formula is C13H24N6. The second-order valence-corrected chi connectivity index (χ2v) is 4.85. The molecule has 106 valence electrons. The third-order valence-electron chi connectivity index (χ3n) is 3.37. The average Bonchev–Trinajstić information content (AvgIpc) is 2.67. The quantitative estimate of drug-likeness (QED) is 0.631. The van der Waals surface area contributed by atoms with Crippen LogP contribution in [0.5, 0.6) is 0 Å². The molecule has 0 bridgehead atoms. The molecule has 2 rings (SSSR count). The zero-order chi connectivity index (χ0) is 13.5. The minimum absolute atomic E-state index is 0.677. The van der Waals surface area contributed by atoms with E-state index in [1.807, 2.05) is 0 Å². The Kier molecular flexibility index (Phi) is 5.18. The Morgan fingerprint density at radius 1 is 1.26 bits per heavy atom. The number of hydrogen-bond acceptors (Lipinski definition) is 3. The lowest BCUT2D eigenvalue weighted by Crippen LogP contribution is -2.37. The summed E-state index contributed by atoms with van der Waals surface area (Å²) in [6, 6.07) is 0. The third kappa shape index (κ3) is 3.68. The SMILES string of the molecule is CCCNC(=NC)NCc1nnc2n1CCCCC2. The Balaban J connectivity index is 1.94. The standard InChI is InChI=1S/C13H24N6/c1-3-8-15-13(14-2)16-10-12-18-17-11-7-5-4-6-9-19(11)12/h3-10H2,1-2H3,(H2,14,15,16). The molecule has 1 aromatic rings. The molecule has 0 saturated heterocycles. The molecule has 1 aliphatic heterocycles. The van der Waals surface area contributed by atoms with Crippen molar-refractivity contribution in [2.24, 2.45) is 4.99 Å². The van der Waals surface area contributed by atoms with E-state index in [4.69, 9.17) is 0 Å². The third-order valence-corrected chi connectivity index (χ3v) is 3.37. The molecule has 0 aromatic carbocycles. The molecule has 0 aliphatic carbocycles. The Hall–Kier alpha value is -1.59. The highest BCUT2D eigenvalue weighted by atomic mass is 15.3. The van der Waals surface area contributed by atoms with Gasteiger partial charge in [0.2, 0.25) is 0 Å². The van der Waals surface area contributed by atoms with Crippen LogP contribution in [-0.2, 0) is 19.5 Å². The van der Waals surface area contributed by atoms with Crippen molar-refractivity contribution in [1.82, 2.24) is 25.4 Å². The largest absolute Gasteiger partial charge is 0.356 e. The van der Waals surface area contributed by atoms with E-state index in [0.717, 1.165) is 43.5 Å². The van der Waals surface area contributed by atoms with Gasteiger partial charge in [0.1, 0.15) is 5.82 Å². The van der Waals surface area contributed by atoms with E-state index in [9.17, 15) is 0 Å². The van der Waals surface area contributed by atoms with E-state index in [1.165, 1.54) is 19.3 Å². The van der Waals surface area contributed by atoms with Crippen molar-refractivity contribution in [1.29, 1.82) is 0 Å². The molecule has 19 heavy (non-hydrogen) atoms. The van der Waals surface area contributed by atoms with E-state index in [-0.39, 0.29) is 0 Å². The first kappa shape index (κ1) is 13.8. The minimum Gasteiger partial charge on any atom is -0.356 e. The summed E-state index contributed by atoms with van der Waals surface area (Å²) >= 11 is 0. The summed E-state index contributed by atoms with van der Waals surface area (Å²) in [4.78, 5) is 4.19. The number of aromatic nitrogens is 3. The van der Waals surface area contributed by atoms with Gasteiger partial charge in [-0.05, 0) is 19.3 Å². The fourth-order valence-electron chi connectivity index (χ4n) is 2.30. The van der Waals surface area contributed by atoms with E-state index in [0.29, 0.717) is 6.54 Å². The molecule has 0 atom stereocenters. The monoisotopic (exact) mass is 264 g/mol. The average molecular weight is 264 g/mol. The molecule has 0 unspecified atom stereocenters. The first-order valence-corrected chi connectivity index (χ1v) is 7.20. The summed E-state index contributed by atoms with van der Waals surface area (Å²) in [5, 5.41) is 15.1. The highest BCUT2D eigenvalue weighted by Crippen LogP contribution is 2.14. The first-order chi connectivity index (χ1) is 9.35. The van der Waals surface area contributed by atoms with Gasteiger partial charge in [0.25, 0.3) is 0 Å². The van der Waals surface area contributed by atoms with Gasteiger partial charge in [-0.3, -0.25) is 4.99 Å². The molecular weight excluding hydrogens is 240 g/mol. The second-order valence-electron chi connectivity index (χ2n) is 4.85. The summed E-state index contributed by atoms with van der Waals surface area (Å²) in [6.45, 7) is 4.78. The van der Waals surface area contributed by atoms with Crippen molar-refractivity contribution < 1.29 is 0 Å². The van der Waals surface area contributed by atoms with Crippen LogP contribution in [0, 0.1) is 0 Å². The highest BCUT2D eigenvalue weighted by Gasteiger charge is 2.14. The smallest absolute Gasteiger partial charge is 0.191 e. The molecule has 6 heteroatoms. The van der Waals surface area contributed by atoms with Crippen LogP contribution in [0.3, 0.4) is 0 Å². The number of nitrogens with zero attached hydrogens (tertiary/aromatic N) is 4. The van der Waals surface area contributed by atoms with Crippen LogP contribution in [0.2, 0.25) is 0 Å². The normalized spacial score (nSPS) is 15.8. The minimum atomic E-state index is 0.677. The molecule has 2 heterocycles. The fourth-order valence-corrected chi connectivity index (χ4v) is 2.30. The molecule has 6 nitrogen and oxygen atoms in total. The van der Waals surface area contributed by atoms with Crippen molar-refractivity contribution in [3.8, 4) is 0 Å². The first-order valence-electron chi connectivity index (χ1n) is 7.20. The van der Waals surface area contributed by atoms with Gasteiger partial charge in [-0.25, -0.2) is 0 Å². The van der Waals surface area contributed by atoms with Gasteiger partial charge in [0, 0.05) is 26.6 Å². The summed E-state index contributed by atoms with van der Waals surface area (Å²) in [6.07, 6.45) is 5.87. The Bertz CT molecular complexity index is 423. The molecule has 0 spiro atoms. The Morgan fingerprint density at radius 2 is 2.16 bits per heavy atom. The van der Waals surface area contributed by atoms with Crippen LogP contribution in [0.15, 0.2) is 4.99 Å². The van der Waals surface area contributed by atoms with Crippen LogP contribution < -0.4 is 10.6 Å². The van der Waals surface area contributed by atoms with Gasteiger partial charge >= 0.3 is 0 Å². The maximum absolute atomic E-state index is 4.30. The van der Waals surface area contributed by atoms with Gasteiger partial charge in [-0.15, -0.1) is 10.2 Å². The summed E-state index contributed by atoms with van der Waals surface area (Å²) in [5.74, 6) is 2.97. The molecule has 0 amide bonds. The molecule has 0 saturated carbocycles. The van der Waals surface area contributed by atoms with Crippen molar-refractivity contribution in [2.75, 3.05) is 13.6 Å². The maximum Gasteiger partial charge on any atom is 0.191 e. The van der Waals surface area contributed by atoms with E-state index >= 15 is 0 Å². The lowest BCUT2D eigenvalue weighted by atomic mass is 10.2. The van der Waals surface area contributed by atoms with E-state index in [2.05, 4.69) is 37.3 Å².